The highest BCUT2D eigenvalue weighted by atomic mass is 32.2. The number of nitrogens with one attached hydrogen (secondary N) is 1. The van der Waals surface area contributed by atoms with E-state index in [0.717, 1.165) is 0 Å². The van der Waals surface area contributed by atoms with Crippen LogP contribution in [0.3, 0.4) is 0 Å². The molecular formula is C14H15FN2O3S. The SMILES string of the molecule is Cc1cnc(CNC2CCS(=O)(=O)c3ccc(F)cc32)o1. The minimum absolute atomic E-state index is 0.0495. The lowest BCUT2D eigenvalue weighted by Gasteiger charge is -2.26. The molecular weight excluding hydrogens is 295 g/mol. The first-order valence-electron chi connectivity index (χ1n) is 6.62. The topological polar surface area (TPSA) is 72.2 Å². The number of benzene rings is 1. The molecule has 0 radical (unpaired) electrons. The van der Waals surface area contributed by atoms with Crippen LogP contribution in [0.1, 0.15) is 29.7 Å². The van der Waals surface area contributed by atoms with Gasteiger partial charge in [-0.1, -0.05) is 0 Å². The van der Waals surface area contributed by atoms with E-state index in [4.69, 9.17) is 4.42 Å². The first kappa shape index (κ1) is 14.2. The van der Waals surface area contributed by atoms with Crippen molar-refractivity contribution < 1.29 is 17.2 Å². The molecule has 0 saturated heterocycles. The van der Waals surface area contributed by atoms with Gasteiger partial charge in [0.05, 0.1) is 23.4 Å². The molecule has 1 aromatic carbocycles. The number of fused-ring (bicyclic) bond motifs is 1. The second kappa shape index (κ2) is 5.23. The lowest BCUT2D eigenvalue weighted by Crippen LogP contribution is -2.29. The van der Waals surface area contributed by atoms with Gasteiger partial charge >= 0.3 is 0 Å². The third-order valence-corrected chi connectivity index (χ3v) is 5.34. The second-order valence-corrected chi connectivity index (χ2v) is 7.17. The summed E-state index contributed by atoms with van der Waals surface area (Å²) in [5.74, 6) is 0.849. The average molecular weight is 310 g/mol. The van der Waals surface area contributed by atoms with Crippen LogP contribution >= 0.6 is 0 Å². The van der Waals surface area contributed by atoms with Gasteiger partial charge in [0, 0.05) is 6.04 Å². The fourth-order valence-corrected chi connectivity index (χ4v) is 4.12. The highest BCUT2D eigenvalue weighted by molar-refractivity contribution is 7.91. The molecule has 1 unspecified atom stereocenters. The fourth-order valence-electron chi connectivity index (χ4n) is 2.52. The molecule has 0 spiro atoms. The molecule has 0 amide bonds. The summed E-state index contributed by atoms with van der Waals surface area (Å²) >= 11 is 0. The predicted molar refractivity (Wildman–Crippen MR) is 73.9 cm³/mol. The summed E-state index contributed by atoms with van der Waals surface area (Å²) in [7, 11) is -3.32. The summed E-state index contributed by atoms with van der Waals surface area (Å²) in [6.07, 6.45) is 2.02. The van der Waals surface area contributed by atoms with Crippen LogP contribution in [0.4, 0.5) is 4.39 Å². The van der Waals surface area contributed by atoms with Crippen LogP contribution < -0.4 is 5.32 Å². The van der Waals surface area contributed by atoms with E-state index in [0.29, 0.717) is 30.2 Å². The fraction of sp³-hybridized carbons (Fsp3) is 0.357. The Balaban J connectivity index is 1.86. The maximum atomic E-state index is 13.4. The van der Waals surface area contributed by atoms with E-state index in [1.165, 1.54) is 18.2 Å². The number of hydrogen-bond donors (Lipinski definition) is 1. The number of hydrogen-bond acceptors (Lipinski definition) is 5. The van der Waals surface area contributed by atoms with Gasteiger partial charge in [0.2, 0.25) is 5.89 Å². The Bertz CT molecular complexity index is 770. The summed E-state index contributed by atoms with van der Waals surface area (Å²) in [6.45, 7) is 2.17. The maximum absolute atomic E-state index is 13.4. The molecule has 1 atom stereocenters. The molecule has 2 heterocycles. The van der Waals surface area contributed by atoms with Crippen LogP contribution in [0.25, 0.3) is 0 Å². The Morgan fingerprint density at radius 2 is 2.29 bits per heavy atom. The number of oxazole rings is 1. The van der Waals surface area contributed by atoms with E-state index in [1.54, 1.807) is 13.1 Å². The Morgan fingerprint density at radius 3 is 3.00 bits per heavy atom. The molecule has 3 rings (SSSR count). The Morgan fingerprint density at radius 1 is 1.48 bits per heavy atom. The minimum atomic E-state index is -3.32. The lowest BCUT2D eigenvalue weighted by atomic mass is 10.0. The molecule has 21 heavy (non-hydrogen) atoms. The number of rotatable bonds is 3. The monoisotopic (exact) mass is 310 g/mol. The first-order chi connectivity index (χ1) is 9.95. The Labute approximate surface area is 122 Å². The molecule has 1 aromatic heterocycles. The van der Waals surface area contributed by atoms with Crippen LogP contribution in [-0.2, 0) is 16.4 Å². The molecule has 5 nitrogen and oxygen atoms in total. The van der Waals surface area contributed by atoms with Crippen molar-refractivity contribution in [1.82, 2.24) is 10.3 Å². The normalized spacial score (nSPS) is 20.2. The highest BCUT2D eigenvalue weighted by Gasteiger charge is 2.30. The molecule has 1 N–H and O–H groups in total. The highest BCUT2D eigenvalue weighted by Crippen LogP contribution is 2.32. The van der Waals surface area contributed by atoms with Gasteiger partial charge in [-0.25, -0.2) is 17.8 Å². The van der Waals surface area contributed by atoms with Crippen LogP contribution in [-0.4, -0.2) is 19.2 Å². The minimum Gasteiger partial charge on any atom is -0.445 e. The number of sulfone groups is 1. The molecule has 1 aliphatic heterocycles. The van der Waals surface area contributed by atoms with E-state index < -0.39 is 15.7 Å². The Kier molecular flexibility index (Phi) is 3.54. The largest absolute Gasteiger partial charge is 0.445 e. The third kappa shape index (κ3) is 2.84. The number of aryl methyl sites for hydroxylation is 1. The van der Waals surface area contributed by atoms with E-state index in [-0.39, 0.29) is 16.7 Å². The standard InChI is InChI=1S/C14H15FN2O3S/c1-9-7-17-14(20-9)8-16-12-4-5-21(18,19)13-3-2-10(15)6-11(12)13/h2-3,6-7,12,16H,4-5,8H2,1H3. The van der Waals surface area contributed by atoms with Crippen molar-refractivity contribution >= 4 is 9.84 Å². The third-order valence-electron chi connectivity index (χ3n) is 3.53. The summed E-state index contributed by atoms with van der Waals surface area (Å²) in [4.78, 5) is 4.29. The van der Waals surface area contributed by atoms with Crippen LogP contribution in [0.15, 0.2) is 33.7 Å². The van der Waals surface area contributed by atoms with Gasteiger partial charge < -0.3 is 9.73 Å². The van der Waals surface area contributed by atoms with Crippen LogP contribution in [0, 0.1) is 12.7 Å². The van der Waals surface area contributed by atoms with Crippen LogP contribution in [0.2, 0.25) is 0 Å². The molecule has 0 fully saturated rings. The van der Waals surface area contributed by atoms with E-state index in [1.807, 2.05) is 0 Å². The summed E-state index contributed by atoms with van der Waals surface area (Å²) in [5.41, 5.74) is 0.476. The molecule has 0 aliphatic carbocycles. The van der Waals surface area contributed by atoms with Crippen molar-refractivity contribution in [2.24, 2.45) is 0 Å². The molecule has 1 aliphatic rings. The van der Waals surface area contributed by atoms with Crippen molar-refractivity contribution in [3.63, 3.8) is 0 Å². The van der Waals surface area contributed by atoms with E-state index in [2.05, 4.69) is 10.3 Å². The van der Waals surface area contributed by atoms with Crippen LogP contribution in [0.5, 0.6) is 0 Å². The lowest BCUT2D eigenvalue weighted by molar-refractivity contribution is 0.413. The van der Waals surface area contributed by atoms with Gasteiger partial charge in [-0.3, -0.25) is 0 Å². The number of aromatic nitrogens is 1. The zero-order valence-corrected chi connectivity index (χ0v) is 12.3. The summed E-state index contributed by atoms with van der Waals surface area (Å²) < 4.78 is 42.8. The molecule has 2 aromatic rings. The summed E-state index contributed by atoms with van der Waals surface area (Å²) in [5, 5.41) is 3.19. The van der Waals surface area contributed by atoms with Crippen molar-refractivity contribution in [1.29, 1.82) is 0 Å². The van der Waals surface area contributed by atoms with Gasteiger partial charge in [-0.05, 0) is 37.1 Å². The van der Waals surface area contributed by atoms with Gasteiger partial charge in [-0.2, -0.15) is 0 Å². The molecule has 112 valence electrons. The average Bonchev–Trinajstić information content (AvgIpc) is 2.83. The number of halogens is 1. The first-order valence-corrected chi connectivity index (χ1v) is 8.28. The smallest absolute Gasteiger partial charge is 0.208 e. The van der Waals surface area contributed by atoms with Crippen molar-refractivity contribution in [3.8, 4) is 0 Å². The quantitative estimate of drug-likeness (QED) is 0.879. The van der Waals surface area contributed by atoms with Crippen molar-refractivity contribution in [2.45, 2.75) is 30.8 Å². The zero-order chi connectivity index (χ0) is 15.0. The molecule has 0 saturated carbocycles. The van der Waals surface area contributed by atoms with Gasteiger partial charge in [0.25, 0.3) is 0 Å². The van der Waals surface area contributed by atoms with Gasteiger partial charge in [0.1, 0.15) is 11.6 Å². The van der Waals surface area contributed by atoms with Crippen molar-refractivity contribution in [2.75, 3.05) is 5.75 Å². The van der Waals surface area contributed by atoms with E-state index in [9.17, 15) is 12.8 Å². The summed E-state index contributed by atoms with van der Waals surface area (Å²) in [6, 6.07) is 3.57. The van der Waals surface area contributed by atoms with Gasteiger partial charge in [0.15, 0.2) is 9.84 Å². The number of nitrogens with zero attached hydrogens (tertiary/aromatic N) is 1. The van der Waals surface area contributed by atoms with Crippen molar-refractivity contribution in [3.05, 3.63) is 47.4 Å². The van der Waals surface area contributed by atoms with E-state index >= 15 is 0 Å². The molecule has 0 bridgehead atoms. The zero-order valence-electron chi connectivity index (χ0n) is 11.5. The predicted octanol–water partition coefficient (Wildman–Crippen LogP) is 2.13. The Hall–Kier alpha value is -1.73. The second-order valence-electron chi connectivity index (χ2n) is 5.09. The molecule has 7 heteroatoms. The van der Waals surface area contributed by atoms with Gasteiger partial charge in [-0.15, -0.1) is 0 Å². The maximum Gasteiger partial charge on any atom is 0.208 e.